The van der Waals surface area contributed by atoms with Gasteiger partial charge in [0.2, 0.25) is 5.24 Å². The molecule has 0 saturated heterocycles. The van der Waals surface area contributed by atoms with Gasteiger partial charge in [0.1, 0.15) is 5.01 Å². The van der Waals surface area contributed by atoms with Crippen LogP contribution in [0.3, 0.4) is 0 Å². The molecule has 0 fully saturated rings. The van der Waals surface area contributed by atoms with Crippen molar-refractivity contribution in [1.29, 1.82) is 0 Å². The van der Waals surface area contributed by atoms with Crippen LogP contribution >= 0.6 is 34.5 Å². The van der Waals surface area contributed by atoms with E-state index in [1.165, 1.54) is 0 Å². The van der Waals surface area contributed by atoms with Gasteiger partial charge in [0, 0.05) is 17.0 Å². The van der Waals surface area contributed by atoms with Crippen LogP contribution < -0.4 is 0 Å². The number of para-hydroxylation sites is 1. The molecule has 0 saturated carbocycles. The summed E-state index contributed by atoms with van der Waals surface area (Å²) in [4.78, 5) is 15.5. The SMILES string of the molecule is O=C(Cl)Cc1ccc(-c2nc3ccccc3s2)cc1Cl. The van der Waals surface area contributed by atoms with Gasteiger partial charge in [0.25, 0.3) is 0 Å². The molecule has 5 heteroatoms. The van der Waals surface area contributed by atoms with Crippen molar-refractivity contribution in [3.63, 3.8) is 0 Å². The molecule has 0 unspecified atom stereocenters. The monoisotopic (exact) mass is 321 g/mol. The third-order valence-corrected chi connectivity index (χ3v) is 4.49. The van der Waals surface area contributed by atoms with Crippen LogP contribution in [0.2, 0.25) is 5.02 Å². The van der Waals surface area contributed by atoms with Gasteiger partial charge in [-0.25, -0.2) is 4.98 Å². The van der Waals surface area contributed by atoms with Crippen LogP contribution in [-0.2, 0) is 11.2 Å². The van der Waals surface area contributed by atoms with Gasteiger partial charge in [0.05, 0.1) is 10.2 Å². The molecule has 0 amide bonds. The summed E-state index contributed by atoms with van der Waals surface area (Å²) in [5.74, 6) is 0. The minimum atomic E-state index is -0.417. The van der Waals surface area contributed by atoms with Crippen LogP contribution in [0.4, 0.5) is 0 Å². The Morgan fingerprint density at radius 2 is 2.00 bits per heavy atom. The Balaban J connectivity index is 2.01. The molecule has 0 spiro atoms. The molecule has 0 radical (unpaired) electrons. The summed E-state index contributed by atoms with van der Waals surface area (Å²) in [6, 6.07) is 13.5. The number of hydrogen-bond acceptors (Lipinski definition) is 3. The van der Waals surface area contributed by atoms with E-state index in [0.29, 0.717) is 5.02 Å². The van der Waals surface area contributed by atoms with Crippen molar-refractivity contribution >= 4 is 50.0 Å². The smallest absolute Gasteiger partial charge is 0.226 e. The number of nitrogens with zero attached hydrogens (tertiary/aromatic N) is 1. The highest BCUT2D eigenvalue weighted by Gasteiger charge is 2.10. The summed E-state index contributed by atoms with van der Waals surface area (Å²) >= 11 is 13.2. The van der Waals surface area contributed by atoms with Crippen LogP contribution in [0.5, 0.6) is 0 Å². The third-order valence-electron chi connectivity index (χ3n) is 2.92. The highest BCUT2D eigenvalue weighted by Crippen LogP contribution is 2.32. The maximum atomic E-state index is 10.9. The molecule has 20 heavy (non-hydrogen) atoms. The standard InChI is InChI=1S/C15H9Cl2NOS/c16-11-7-10(6-5-9(11)8-14(17)19)15-18-12-3-1-2-4-13(12)20-15/h1-7H,8H2. The van der Waals surface area contributed by atoms with Gasteiger partial charge in [-0.05, 0) is 35.4 Å². The highest BCUT2D eigenvalue weighted by atomic mass is 35.5. The van der Waals surface area contributed by atoms with E-state index < -0.39 is 5.24 Å². The molecule has 1 heterocycles. The maximum absolute atomic E-state index is 10.9. The van der Waals surface area contributed by atoms with E-state index in [1.807, 2.05) is 42.5 Å². The average molecular weight is 322 g/mol. The molecule has 3 rings (SSSR count). The number of fused-ring (bicyclic) bond motifs is 1. The second-order valence-corrected chi connectivity index (χ2v) is 6.18. The van der Waals surface area contributed by atoms with Crippen LogP contribution in [0.15, 0.2) is 42.5 Å². The molecule has 2 aromatic carbocycles. The number of hydrogen-bond donors (Lipinski definition) is 0. The van der Waals surface area contributed by atoms with Crippen LogP contribution in [0.25, 0.3) is 20.8 Å². The molecule has 3 aromatic rings. The Hall–Kier alpha value is -1.42. The van der Waals surface area contributed by atoms with Gasteiger partial charge < -0.3 is 0 Å². The van der Waals surface area contributed by atoms with Gasteiger partial charge in [-0.2, -0.15) is 0 Å². The predicted molar refractivity (Wildman–Crippen MR) is 84.6 cm³/mol. The second kappa shape index (κ2) is 5.52. The second-order valence-electron chi connectivity index (χ2n) is 4.32. The van der Waals surface area contributed by atoms with Crippen LogP contribution in [0.1, 0.15) is 5.56 Å². The largest absolute Gasteiger partial charge is 0.281 e. The van der Waals surface area contributed by atoms with E-state index >= 15 is 0 Å². The minimum absolute atomic E-state index is 0.139. The van der Waals surface area contributed by atoms with Crippen molar-refractivity contribution in [2.75, 3.05) is 0 Å². The Kier molecular flexibility index (Phi) is 3.74. The normalized spacial score (nSPS) is 10.9. The first-order valence-electron chi connectivity index (χ1n) is 5.96. The van der Waals surface area contributed by atoms with Crippen LogP contribution in [-0.4, -0.2) is 10.2 Å². The van der Waals surface area contributed by atoms with Gasteiger partial charge in [-0.1, -0.05) is 35.9 Å². The maximum Gasteiger partial charge on any atom is 0.226 e. The van der Waals surface area contributed by atoms with Gasteiger partial charge in [-0.15, -0.1) is 11.3 Å². The highest BCUT2D eigenvalue weighted by molar-refractivity contribution is 7.21. The quantitative estimate of drug-likeness (QED) is 0.640. The molecule has 0 aliphatic carbocycles. The Morgan fingerprint density at radius 1 is 1.20 bits per heavy atom. The van der Waals surface area contributed by atoms with Crippen molar-refractivity contribution in [1.82, 2.24) is 4.98 Å². The first-order valence-corrected chi connectivity index (χ1v) is 7.53. The zero-order chi connectivity index (χ0) is 14.1. The summed E-state index contributed by atoms with van der Waals surface area (Å²) in [5.41, 5.74) is 2.65. The Bertz CT molecular complexity index is 764. The lowest BCUT2D eigenvalue weighted by Gasteiger charge is -2.03. The lowest BCUT2D eigenvalue weighted by molar-refractivity contribution is -0.111. The molecule has 1 aromatic heterocycles. The van der Waals surface area contributed by atoms with E-state index in [-0.39, 0.29) is 6.42 Å². The van der Waals surface area contributed by atoms with E-state index in [2.05, 4.69) is 4.98 Å². The summed E-state index contributed by atoms with van der Waals surface area (Å²) in [6.07, 6.45) is 0.139. The van der Waals surface area contributed by atoms with Gasteiger partial charge in [-0.3, -0.25) is 4.79 Å². The number of thiazole rings is 1. The average Bonchev–Trinajstić information content (AvgIpc) is 2.84. The molecule has 100 valence electrons. The lowest BCUT2D eigenvalue weighted by Crippen LogP contribution is -1.94. The van der Waals surface area contributed by atoms with Crippen molar-refractivity contribution < 1.29 is 4.79 Å². The van der Waals surface area contributed by atoms with E-state index in [0.717, 1.165) is 26.4 Å². The Morgan fingerprint density at radius 3 is 2.70 bits per heavy atom. The molecular formula is C15H9Cl2NOS. The molecular weight excluding hydrogens is 313 g/mol. The van der Waals surface area contributed by atoms with Crippen LogP contribution in [0, 0.1) is 0 Å². The molecule has 0 aliphatic rings. The number of carbonyl (C=O) groups is 1. The molecule has 0 bridgehead atoms. The predicted octanol–water partition coefficient (Wildman–Crippen LogP) is 4.92. The number of aromatic nitrogens is 1. The van der Waals surface area contributed by atoms with Crippen molar-refractivity contribution in [3.05, 3.63) is 53.1 Å². The van der Waals surface area contributed by atoms with E-state index in [1.54, 1.807) is 11.3 Å². The summed E-state index contributed by atoms with van der Waals surface area (Å²) in [6.45, 7) is 0. The molecule has 0 N–H and O–H groups in total. The first-order chi connectivity index (χ1) is 9.63. The minimum Gasteiger partial charge on any atom is -0.281 e. The fraction of sp³-hybridized carbons (Fsp3) is 0.0667. The summed E-state index contributed by atoms with van der Waals surface area (Å²) < 4.78 is 1.14. The van der Waals surface area contributed by atoms with Crippen molar-refractivity contribution in [3.8, 4) is 10.6 Å². The summed E-state index contributed by atoms with van der Waals surface area (Å²) in [7, 11) is 0. The van der Waals surface area contributed by atoms with Crippen molar-refractivity contribution in [2.45, 2.75) is 6.42 Å². The number of rotatable bonds is 3. The Labute approximate surface area is 130 Å². The van der Waals surface area contributed by atoms with Gasteiger partial charge >= 0.3 is 0 Å². The number of halogens is 2. The molecule has 2 nitrogen and oxygen atoms in total. The number of carbonyl (C=O) groups excluding carboxylic acids is 1. The van der Waals surface area contributed by atoms with Gasteiger partial charge in [0.15, 0.2) is 0 Å². The topological polar surface area (TPSA) is 30.0 Å². The molecule has 0 atom stereocenters. The summed E-state index contributed by atoms with van der Waals surface area (Å²) in [5, 5.41) is 1.03. The molecule has 0 aliphatic heterocycles. The lowest BCUT2D eigenvalue weighted by atomic mass is 10.1. The van der Waals surface area contributed by atoms with E-state index in [9.17, 15) is 4.79 Å². The first kappa shape index (κ1) is 13.6. The van der Waals surface area contributed by atoms with Crippen molar-refractivity contribution in [2.24, 2.45) is 0 Å². The third kappa shape index (κ3) is 2.70. The fourth-order valence-corrected chi connectivity index (χ4v) is 3.32. The zero-order valence-electron chi connectivity index (χ0n) is 10.3. The van der Waals surface area contributed by atoms with E-state index in [4.69, 9.17) is 23.2 Å². The zero-order valence-corrected chi connectivity index (χ0v) is 12.6. The fourth-order valence-electron chi connectivity index (χ4n) is 1.97. The number of benzene rings is 2.